The number of fused-ring (bicyclic) bond motifs is 1. The Balaban J connectivity index is 1.48. The third-order valence-corrected chi connectivity index (χ3v) is 6.94. The fourth-order valence-corrected chi connectivity index (χ4v) is 4.97. The topological polar surface area (TPSA) is 95.9 Å². The molecule has 176 valence electrons. The molecule has 2 N–H and O–H groups in total. The van der Waals surface area contributed by atoms with Crippen LogP contribution in [-0.4, -0.2) is 38.2 Å². The van der Waals surface area contributed by atoms with E-state index in [4.69, 9.17) is 5.21 Å². The Kier molecular flexibility index (Phi) is 7.78. The van der Waals surface area contributed by atoms with Crippen LogP contribution < -0.4 is 9.95 Å². The van der Waals surface area contributed by atoms with Crippen LogP contribution in [0.5, 0.6) is 0 Å². The van der Waals surface area contributed by atoms with E-state index in [-0.39, 0.29) is 6.54 Å². The standard InChI is InChI=1S/C21H25F3N3O4S/c22-21(23,24)18-8-9-20(19(14-18)27(28)29)32(30,31)25-11-4-1-5-12-26-13-10-16-6-2-3-7-17(16)15-26/h2-3,6-9,14,25,28H,1,4-5,10-13,15H2/q-1. The number of sulfonamides is 1. The Bertz CT molecular complexity index is 1030. The van der Waals surface area contributed by atoms with Gasteiger partial charge >= 0.3 is 6.18 Å². The first kappa shape index (κ1) is 24.5. The van der Waals surface area contributed by atoms with Crippen LogP contribution in [0.2, 0.25) is 0 Å². The lowest BCUT2D eigenvalue weighted by Gasteiger charge is -2.28. The molecule has 7 nitrogen and oxygen atoms in total. The van der Waals surface area contributed by atoms with Gasteiger partial charge in [-0.3, -0.25) is 10.1 Å². The highest BCUT2D eigenvalue weighted by molar-refractivity contribution is 7.89. The Hall–Kier alpha value is -2.18. The summed E-state index contributed by atoms with van der Waals surface area (Å²) < 4.78 is 65.6. The van der Waals surface area contributed by atoms with Gasteiger partial charge in [0.25, 0.3) is 0 Å². The van der Waals surface area contributed by atoms with Gasteiger partial charge in [-0.25, -0.2) is 13.1 Å². The van der Waals surface area contributed by atoms with Crippen molar-refractivity contribution in [1.29, 1.82) is 0 Å². The van der Waals surface area contributed by atoms with Gasteiger partial charge in [-0.2, -0.15) is 13.2 Å². The molecule has 2 aromatic rings. The molecular formula is C21H25F3N3O4S-. The number of nitrogens with one attached hydrogen (secondary N) is 1. The SMILES string of the molecule is O=S(=O)(NCCCCCN1CCc2ccccc2C1)c1ccc(C(F)(F)F)cc1N([O-])O. The van der Waals surface area contributed by atoms with Crippen molar-refractivity contribution in [2.75, 3.05) is 24.9 Å². The predicted octanol–water partition coefficient (Wildman–Crippen LogP) is 3.91. The smallest absolute Gasteiger partial charge is 0.416 e. The lowest BCUT2D eigenvalue weighted by Crippen LogP contribution is -2.31. The summed E-state index contributed by atoms with van der Waals surface area (Å²) in [5.41, 5.74) is 0.481. The second-order valence-electron chi connectivity index (χ2n) is 7.71. The molecule has 1 aliphatic rings. The minimum absolute atomic E-state index is 0.0654. The first-order chi connectivity index (χ1) is 15.1. The zero-order valence-electron chi connectivity index (χ0n) is 17.3. The van der Waals surface area contributed by atoms with E-state index in [1.165, 1.54) is 11.1 Å². The maximum absolute atomic E-state index is 12.8. The summed E-state index contributed by atoms with van der Waals surface area (Å²) in [7, 11) is -4.27. The molecule has 0 radical (unpaired) electrons. The summed E-state index contributed by atoms with van der Waals surface area (Å²) in [6.45, 7) is 2.83. The van der Waals surface area contributed by atoms with E-state index in [0.29, 0.717) is 24.6 Å². The fourth-order valence-electron chi connectivity index (χ4n) is 3.74. The molecule has 0 bridgehead atoms. The highest BCUT2D eigenvalue weighted by Gasteiger charge is 2.32. The van der Waals surface area contributed by atoms with E-state index < -0.39 is 37.6 Å². The average Bonchev–Trinajstić information content (AvgIpc) is 2.75. The van der Waals surface area contributed by atoms with E-state index in [1.807, 2.05) is 12.1 Å². The highest BCUT2D eigenvalue weighted by Crippen LogP contribution is 2.34. The Morgan fingerprint density at radius 3 is 2.50 bits per heavy atom. The first-order valence-electron chi connectivity index (χ1n) is 10.2. The second-order valence-corrected chi connectivity index (χ2v) is 9.44. The van der Waals surface area contributed by atoms with Gasteiger partial charge < -0.3 is 10.4 Å². The number of benzene rings is 2. The molecule has 0 unspecified atom stereocenters. The lowest BCUT2D eigenvalue weighted by atomic mass is 10.00. The molecule has 2 aromatic carbocycles. The molecule has 0 fully saturated rings. The maximum atomic E-state index is 12.8. The molecule has 0 amide bonds. The van der Waals surface area contributed by atoms with Gasteiger partial charge in [0.15, 0.2) is 0 Å². The van der Waals surface area contributed by atoms with Crippen molar-refractivity contribution < 1.29 is 26.8 Å². The summed E-state index contributed by atoms with van der Waals surface area (Å²) in [6, 6.07) is 9.86. The molecule has 11 heteroatoms. The number of hydrogen-bond acceptors (Lipinski definition) is 6. The number of halogens is 3. The summed E-state index contributed by atoms with van der Waals surface area (Å²) >= 11 is 0. The number of rotatable bonds is 9. The van der Waals surface area contributed by atoms with E-state index >= 15 is 0 Å². The van der Waals surface area contributed by atoms with Crippen molar-refractivity contribution in [1.82, 2.24) is 9.62 Å². The van der Waals surface area contributed by atoms with Crippen molar-refractivity contribution in [3.05, 3.63) is 64.4 Å². The summed E-state index contributed by atoms with van der Waals surface area (Å²) in [6.07, 6.45) is -1.61. The highest BCUT2D eigenvalue weighted by atomic mass is 32.2. The molecule has 3 rings (SSSR count). The minimum Gasteiger partial charge on any atom is -0.733 e. The quantitative estimate of drug-likeness (QED) is 0.425. The zero-order chi connectivity index (χ0) is 23.4. The number of nitrogens with zero attached hydrogens (tertiary/aromatic N) is 2. The Morgan fingerprint density at radius 1 is 1.09 bits per heavy atom. The van der Waals surface area contributed by atoms with Gasteiger partial charge in [0, 0.05) is 19.6 Å². The molecule has 0 atom stereocenters. The average molecular weight is 473 g/mol. The molecule has 0 spiro atoms. The molecule has 1 heterocycles. The Labute approximate surface area is 185 Å². The Morgan fingerprint density at radius 2 is 1.81 bits per heavy atom. The molecule has 32 heavy (non-hydrogen) atoms. The minimum atomic E-state index is -4.78. The molecule has 0 saturated carbocycles. The first-order valence-corrected chi connectivity index (χ1v) is 11.7. The van der Waals surface area contributed by atoms with Crippen LogP contribution in [0.3, 0.4) is 0 Å². The van der Waals surface area contributed by atoms with E-state index in [1.54, 1.807) is 0 Å². The van der Waals surface area contributed by atoms with Gasteiger partial charge in [0.05, 0.1) is 11.3 Å². The van der Waals surface area contributed by atoms with Crippen molar-refractivity contribution in [2.24, 2.45) is 0 Å². The fraction of sp³-hybridized carbons (Fsp3) is 0.429. The molecule has 0 saturated heterocycles. The van der Waals surface area contributed by atoms with E-state index in [9.17, 15) is 26.8 Å². The predicted molar refractivity (Wildman–Crippen MR) is 114 cm³/mol. The van der Waals surface area contributed by atoms with Crippen molar-refractivity contribution in [3.63, 3.8) is 0 Å². The number of unbranched alkanes of at least 4 members (excludes halogenated alkanes) is 2. The van der Waals surface area contributed by atoms with Crippen LogP contribution in [0.1, 0.15) is 36.0 Å². The monoisotopic (exact) mass is 472 g/mol. The van der Waals surface area contributed by atoms with E-state index in [0.717, 1.165) is 38.9 Å². The molecule has 1 aliphatic heterocycles. The second kappa shape index (κ2) is 10.2. The van der Waals surface area contributed by atoms with Crippen LogP contribution >= 0.6 is 0 Å². The van der Waals surface area contributed by atoms with Gasteiger partial charge in [0.1, 0.15) is 4.90 Å². The lowest BCUT2D eigenvalue weighted by molar-refractivity contribution is -0.137. The normalized spacial score (nSPS) is 14.9. The molecular weight excluding hydrogens is 447 g/mol. The molecule has 0 aromatic heterocycles. The summed E-state index contributed by atoms with van der Waals surface area (Å²) in [5, 5.41) is 19.5. The van der Waals surface area contributed by atoms with Gasteiger partial charge in [-0.05, 0) is 55.1 Å². The van der Waals surface area contributed by atoms with Crippen molar-refractivity contribution >= 4 is 15.7 Å². The number of hydrogen-bond donors (Lipinski definition) is 2. The van der Waals surface area contributed by atoms with Crippen LogP contribution in [0.4, 0.5) is 18.9 Å². The number of alkyl halides is 3. The zero-order valence-corrected chi connectivity index (χ0v) is 18.1. The van der Waals surface area contributed by atoms with Crippen molar-refractivity contribution in [2.45, 2.75) is 43.3 Å². The van der Waals surface area contributed by atoms with Gasteiger partial charge in [0.2, 0.25) is 10.0 Å². The summed E-state index contributed by atoms with van der Waals surface area (Å²) in [5.74, 6) is 0. The third kappa shape index (κ3) is 6.20. The summed E-state index contributed by atoms with van der Waals surface area (Å²) in [4.78, 5) is 1.64. The molecule has 0 aliphatic carbocycles. The maximum Gasteiger partial charge on any atom is 0.416 e. The van der Waals surface area contributed by atoms with Crippen LogP contribution in [-0.2, 0) is 29.2 Å². The van der Waals surface area contributed by atoms with Crippen LogP contribution in [0, 0.1) is 5.21 Å². The van der Waals surface area contributed by atoms with Gasteiger partial charge in [-0.1, -0.05) is 30.7 Å². The third-order valence-electron chi connectivity index (χ3n) is 5.43. The number of anilines is 1. The van der Waals surface area contributed by atoms with Crippen LogP contribution in [0.25, 0.3) is 0 Å². The van der Waals surface area contributed by atoms with Crippen molar-refractivity contribution in [3.8, 4) is 0 Å². The van der Waals surface area contributed by atoms with E-state index in [2.05, 4.69) is 21.8 Å². The largest absolute Gasteiger partial charge is 0.733 e. The van der Waals surface area contributed by atoms with Crippen LogP contribution in [0.15, 0.2) is 47.4 Å². The van der Waals surface area contributed by atoms with Gasteiger partial charge in [-0.15, -0.1) is 0 Å².